The summed E-state index contributed by atoms with van der Waals surface area (Å²) < 4.78 is 6.17. The summed E-state index contributed by atoms with van der Waals surface area (Å²) in [4.78, 5) is 9.13. The molecule has 184 valence electrons. The molecule has 0 radical (unpaired) electrons. The standard InChI is InChI=1S/C34H22N2O.Pt/c1-3-9-25(10-4-1)27-17-19-35-33(23-27)29-13-7-15-31(21-29)37-32-16-8-14-30(22-32)34-24-28(18-20-36-34)26-11-5-2-6-12-26;/h1-20,23-24H;/q-2;+2. The summed E-state index contributed by atoms with van der Waals surface area (Å²) in [6.07, 6.45) is 3.65. The second-order valence-electron chi connectivity index (χ2n) is 8.55. The molecular formula is C34H22N2OPt. The van der Waals surface area contributed by atoms with Gasteiger partial charge in [-0.15, -0.1) is 47.5 Å². The third-order valence-corrected chi connectivity index (χ3v) is 6.04. The minimum absolute atomic E-state index is 0. The Morgan fingerprint density at radius 2 is 0.895 bits per heavy atom. The molecule has 0 bridgehead atoms. The van der Waals surface area contributed by atoms with Crippen LogP contribution >= 0.6 is 0 Å². The molecule has 4 aromatic carbocycles. The van der Waals surface area contributed by atoms with Gasteiger partial charge in [-0.2, -0.15) is 0 Å². The van der Waals surface area contributed by atoms with Gasteiger partial charge in [-0.25, -0.2) is 0 Å². The van der Waals surface area contributed by atoms with Crippen LogP contribution in [0.15, 0.2) is 134 Å². The second-order valence-corrected chi connectivity index (χ2v) is 8.55. The summed E-state index contributed by atoms with van der Waals surface area (Å²) in [6, 6.07) is 47.1. The van der Waals surface area contributed by atoms with Crippen LogP contribution in [0.1, 0.15) is 0 Å². The molecule has 2 aromatic heterocycles. The summed E-state index contributed by atoms with van der Waals surface area (Å²) in [5.74, 6) is 1.20. The minimum Gasteiger partial charge on any atom is -0.497 e. The van der Waals surface area contributed by atoms with E-state index in [4.69, 9.17) is 4.74 Å². The van der Waals surface area contributed by atoms with Gasteiger partial charge in [0.1, 0.15) is 0 Å². The van der Waals surface area contributed by atoms with E-state index in [1.165, 1.54) is 0 Å². The average Bonchev–Trinajstić information content (AvgIpc) is 2.98. The molecule has 6 aromatic rings. The maximum absolute atomic E-state index is 6.17. The van der Waals surface area contributed by atoms with Crippen LogP contribution in [0.2, 0.25) is 0 Å². The van der Waals surface area contributed by atoms with Crippen LogP contribution in [-0.4, -0.2) is 9.97 Å². The van der Waals surface area contributed by atoms with Crippen LogP contribution in [0, 0.1) is 12.1 Å². The van der Waals surface area contributed by atoms with E-state index in [1.54, 1.807) is 0 Å². The molecule has 2 heterocycles. The molecule has 0 N–H and O–H groups in total. The van der Waals surface area contributed by atoms with Crippen molar-refractivity contribution in [1.29, 1.82) is 0 Å². The fourth-order valence-corrected chi connectivity index (χ4v) is 4.21. The van der Waals surface area contributed by atoms with Crippen LogP contribution in [0.4, 0.5) is 0 Å². The van der Waals surface area contributed by atoms with Gasteiger partial charge >= 0.3 is 21.1 Å². The van der Waals surface area contributed by atoms with Gasteiger partial charge in [0.25, 0.3) is 0 Å². The Hall–Kier alpha value is -4.33. The van der Waals surface area contributed by atoms with Crippen LogP contribution in [0.3, 0.4) is 0 Å². The third-order valence-electron chi connectivity index (χ3n) is 6.04. The van der Waals surface area contributed by atoms with E-state index in [1.807, 2.05) is 97.3 Å². The first kappa shape index (κ1) is 25.3. The van der Waals surface area contributed by atoms with Crippen molar-refractivity contribution in [2.45, 2.75) is 0 Å². The molecule has 0 amide bonds. The minimum atomic E-state index is 0. The summed E-state index contributed by atoms with van der Waals surface area (Å²) in [6.45, 7) is 0. The number of aromatic nitrogens is 2. The van der Waals surface area contributed by atoms with Gasteiger partial charge in [0.05, 0.1) is 0 Å². The number of rotatable bonds is 6. The molecule has 0 aliphatic carbocycles. The van der Waals surface area contributed by atoms with Gasteiger partial charge in [0, 0.05) is 23.9 Å². The average molecular weight is 670 g/mol. The molecule has 3 nitrogen and oxygen atoms in total. The Kier molecular flexibility index (Phi) is 7.87. The fourth-order valence-electron chi connectivity index (χ4n) is 4.21. The number of hydrogen-bond donors (Lipinski definition) is 0. The molecule has 38 heavy (non-hydrogen) atoms. The topological polar surface area (TPSA) is 35.0 Å². The van der Waals surface area contributed by atoms with E-state index >= 15 is 0 Å². The molecule has 4 heteroatoms. The predicted molar refractivity (Wildman–Crippen MR) is 148 cm³/mol. The molecule has 0 saturated carbocycles. The van der Waals surface area contributed by atoms with Crippen molar-refractivity contribution < 1.29 is 25.8 Å². The van der Waals surface area contributed by atoms with Crippen molar-refractivity contribution in [2.24, 2.45) is 0 Å². The monoisotopic (exact) mass is 669 g/mol. The Morgan fingerprint density at radius 3 is 1.34 bits per heavy atom. The number of nitrogens with zero attached hydrogens (tertiary/aromatic N) is 2. The molecule has 0 atom stereocenters. The molecule has 0 unspecified atom stereocenters. The van der Waals surface area contributed by atoms with Crippen LogP contribution in [-0.2, 0) is 21.1 Å². The van der Waals surface area contributed by atoms with Gasteiger partial charge in [0.15, 0.2) is 0 Å². The van der Waals surface area contributed by atoms with Crippen molar-refractivity contribution >= 4 is 0 Å². The van der Waals surface area contributed by atoms with Crippen molar-refractivity contribution in [1.82, 2.24) is 9.97 Å². The van der Waals surface area contributed by atoms with Crippen molar-refractivity contribution in [3.8, 4) is 56.3 Å². The molecule has 6 rings (SSSR count). The van der Waals surface area contributed by atoms with Crippen LogP contribution in [0.5, 0.6) is 11.5 Å². The van der Waals surface area contributed by atoms with Crippen molar-refractivity contribution in [3.05, 3.63) is 146 Å². The summed E-state index contributed by atoms with van der Waals surface area (Å²) in [5.41, 5.74) is 7.92. The first-order chi connectivity index (χ1) is 18.3. The zero-order valence-electron chi connectivity index (χ0n) is 20.3. The Labute approximate surface area is 237 Å². The Bertz CT molecular complexity index is 1530. The predicted octanol–water partition coefficient (Wildman–Crippen LogP) is 8.53. The second kappa shape index (κ2) is 11.8. The van der Waals surface area contributed by atoms with Gasteiger partial charge < -0.3 is 14.7 Å². The molecule has 0 fully saturated rings. The SMILES string of the molecule is [Pt+2].[c-]1c(Oc2[c-]c(-c3cc(-c4ccccc4)ccn3)ccc2)cccc1-c1cc(-c2ccccc2)ccn1. The zero-order chi connectivity index (χ0) is 24.9. The van der Waals surface area contributed by atoms with E-state index in [0.29, 0.717) is 11.5 Å². The smallest absolute Gasteiger partial charge is 0.497 e. The van der Waals surface area contributed by atoms with Crippen molar-refractivity contribution in [3.63, 3.8) is 0 Å². The fraction of sp³-hybridized carbons (Fsp3) is 0. The molecular weight excluding hydrogens is 647 g/mol. The largest absolute Gasteiger partial charge is 2.00 e. The van der Waals surface area contributed by atoms with Gasteiger partial charge in [-0.3, -0.25) is 0 Å². The van der Waals surface area contributed by atoms with E-state index in [2.05, 4.69) is 58.5 Å². The normalized spacial score (nSPS) is 10.4. The van der Waals surface area contributed by atoms with E-state index in [0.717, 1.165) is 44.8 Å². The van der Waals surface area contributed by atoms with Crippen molar-refractivity contribution in [2.75, 3.05) is 0 Å². The molecule has 0 saturated heterocycles. The van der Waals surface area contributed by atoms with Crippen LogP contribution < -0.4 is 4.74 Å². The van der Waals surface area contributed by atoms with E-state index in [-0.39, 0.29) is 21.1 Å². The number of pyridine rings is 2. The molecule has 0 aliphatic heterocycles. The maximum atomic E-state index is 6.17. The number of hydrogen-bond acceptors (Lipinski definition) is 3. The van der Waals surface area contributed by atoms with Crippen LogP contribution in [0.25, 0.3) is 44.8 Å². The summed E-state index contributed by atoms with van der Waals surface area (Å²) in [5, 5.41) is 0. The quantitative estimate of drug-likeness (QED) is 0.167. The van der Waals surface area contributed by atoms with Gasteiger partial charge in [0.2, 0.25) is 0 Å². The third kappa shape index (κ3) is 5.80. The molecule has 0 spiro atoms. The Morgan fingerprint density at radius 1 is 0.447 bits per heavy atom. The van der Waals surface area contributed by atoms with Gasteiger partial charge in [-0.1, -0.05) is 84.9 Å². The van der Waals surface area contributed by atoms with E-state index in [9.17, 15) is 0 Å². The first-order valence-electron chi connectivity index (χ1n) is 12.1. The Balaban J connectivity index is 0.00000294. The zero-order valence-corrected chi connectivity index (χ0v) is 22.6. The first-order valence-corrected chi connectivity index (χ1v) is 12.1. The van der Waals surface area contributed by atoms with Gasteiger partial charge in [-0.05, 0) is 45.8 Å². The summed E-state index contributed by atoms with van der Waals surface area (Å²) >= 11 is 0. The van der Waals surface area contributed by atoms with E-state index < -0.39 is 0 Å². The number of ether oxygens (including phenoxy) is 1. The summed E-state index contributed by atoms with van der Waals surface area (Å²) in [7, 11) is 0. The maximum Gasteiger partial charge on any atom is 2.00 e. The number of benzene rings is 4. The molecule has 0 aliphatic rings.